The largest absolute Gasteiger partial charge is 0.473 e. The SMILES string of the molecule is Fc1cccc(F)c1-c1ccc2[nH]cc(-c3nccc(O[C@@H]4CCCNC4)n3)c2c1. The number of rotatable bonds is 4. The monoisotopic (exact) mass is 406 g/mol. The molecule has 3 heterocycles. The van der Waals surface area contributed by atoms with Crippen LogP contribution >= 0.6 is 0 Å². The summed E-state index contributed by atoms with van der Waals surface area (Å²) in [5.41, 5.74) is 1.99. The maximum absolute atomic E-state index is 14.3. The van der Waals surface area contributed by atoms with E-state index in [0.29, 0.717) is 17.3 Å². The summed E-state index contributed by atoms with van der Waals surface area (Å²) in [4.78, 5) is 12.1. The van der Waals surface area contributed by atoms with Gasteiger partial charge in [0.25, 0.3) is 0 Å². The molecule has 0 amide bonds. The molecule has 0 saturated carbocycles. The number of benzene rings is 2. The second kappa shape index (κ2) is 7.84. The first-order chi connectivity index (χ1) is 14.7. The number of ether oxygens (including phenoxy) is 1. The van der Waals surface area contributed by atoms with Crippen molar-refractivity contribution in [1.82, 2.24) is 20.3 Å². The van der Waals surface area contributed by atoms with Gasteiger partial charge in [0, 0.05) is 41.5 Å². The van der Waals surface area contributed by atoms with Crippen LogP contribution in [0.25, 0.3) is 33.4 Å². The maximum atomic E-state index is 14.3. The van der Waals surface area contributed by atoms with E-state index >= 15 is 0 Å². The quantitative estimate of drug-likeness (QED) is 0.516. The predicted molar refractivity (Wildman–Crippen MR) is 111 cm³/mol. The lowest BCUT2D eigenvalue weighted by molar-refractivity contribution is 0.160. The van der Waals surface area contributed by atoms with Gasteiger partial charge in [0.05, 0.1) is 5.56 Å². The molecule has 2 aromatic heterocycles. The smallest absolute Gasteiger partial charge is 0.217 e. The Morgan fingerprint density at radius 3 is 2.73 bits per heavy atom. The zero-order valence-corrected chi connectivity index (χ0v) is 16.2. The molecule has 0 bridgehead atoms. The number of hydrogen-bond acceptors (Lipinski definition) is 4. The molecule has 0 radical (unpaired) electrons. The van der Waals surface area contributed by atoms with Crippen LogP contribution in [-0.2, 0) is 0 Å². The molecular weight excluding hydrogens is 386 g/mol. The Morgan fingerprint density at radius 2 is 1.93 bits per heavy atom. The summed E-state index contributed by atoms with van der Waals surface area (Å²) in [6.45, 7) is 1.80. The average molecular weight is 406 g/mol. The van der Waals surface area contributed by atoms with E-state index < -0.39 is 11.6 Å². The van der Waals surface area contributed by atoms with Gasteiger partial charge in [0.15, 0.2) is 5.82 Å². The minimum Gasteiger partial charge on any atom is -0.473 e. The van der Waals surface area contributed by atoms with Crippen LogP contribution in [0.15, 0.2) is 54.9 Å². The number of nitrogens with one attached hydrogen (secondary N) is 2. The normalized spacial score (nSPS) is 16.7. The summed E-state index contributed by atoms with van der Waals surface area (Å²) in [6.07, 6.45) is 5.60. The standard InChI is InChI=1S/C23H20F2N4O/c24-18-4-1-5-19(25)22(18)14-6-7-20-16(11-14)17(13-28-20)23-27-10-8-21(29-23)30-15-3-2-9-26-12-15/h1,4-8,10-11,13,15,26,28H,2-3,9,12H2/t15-/m1/s1. The molecule has 0 unspecified atom stereocenters. The van der Waals surface area contributed by atoms with E-state index in [1.165, 1.54) is 18.2 Å². The van der Waals surface area contributed by atoms with Gasteiger partial charge in [-0.05, 0) is 49.2 Å². The molecule has 5 nitrogen and oxygen atoms in total. The fourth-order valence-electron chi connectivity index (χ4n) is 3.86. The zero-order valence-electron chi connectivity index (χ0n) is 16.2. The van der Waals surface area contributed by atoms with Gasteiger partial charge in [-0.3, -0.25) is 0 Å². The van der Waals surface area contributed by atoms with E-state index in [1.54, 1.807) is 36.7 Å². The number of aromatic nitrogens is 3. The van der Waals surface area contributed by atoms with Crippen molar-refractivity contribution in [2.75, 3.05) is 13.1 Å². The van der Waals surface area contributed by atoms with E-state index in [9.17, 15) is 8.78 Å². The fraction of sp³-hybridized carbons (Fsp3) is 0.217. The summed E-state index contributed by atoms with van der Waals surface area (Å²) < 4.78 is 34.5. The molecular formula is C23H20F2N4O. The zero-order chi connectivity index (χ0) is 20.5. The minimum absolute atomic E-state index is 0.0469. The highest BCUT2D eigenvalue weighted by Crippen LogP contribution is 2.33. The van der Waals surface area contributed by atoms with Gasteiger partial charge in [0.2, 0.25) is 5.88 Å². The fourth-order valence-corrected chi connectivity index (χ4v) is 3.86. The molecule has 5 rings (SSSR count). The van der Waals surface area contributed by atoms with Crippen molar-refractivity contribution in [2.24, 2.45) is 0 Å². The van der Waals surface area contributed by atoms with Crippen LogP contribution in [0.4, 0.5) is 8.78 Å². The van der Waals surface area contributed by atoms with E-state index in [4.69, 9.17) is 4.74 Å². The third kappa shape index (κ3) is 3.52. The summed E-state index contributed by atoms with van der Waals surface area (Å²) in [7, 11) is 0. The van der Waals surface area contributed by atoms with Crippen LogP contribution in [0.3, 0.4) is 0 Å². The first kappa shape index (κ1) is 18.7. The number of halogens is 2. The molecule has 1 fully saturated rings. The van der Waals surface area contributed by atoms with Crippen LogP contribution in [0.5, 0.6) is 5.88 Å². The van der Waals surface area contributed by atoms with E-state index in [1.807, 2.05) is 0 Å². The second-order valence-corrected chi connectivity index (χ2v) is 7.36. The molecule has 2 N–H and O–H groups in total. The highest BCUT2D eigenvalue weighted by molar-refractivity contribution is 5.96. The van der Waals surface area contributed by atoms with Gasteiger partial charge in [0.1, 0.15) is 17.7 Å². The van der Waals surface area contributed by atoms with Gasteiger partial charge in [-0.25, -0.2) is 13.8 Å². The summed E-state index contributed by atoms with van der Waals surface area (Å²) in [5.74, 6) is -0.189. The van der Waals surface area contributed by atoms with Crippen LogP contribution in [-0.4, -0.2) is 34.1 Å². The Bertz CT molecular complexity index is 1180. The first-order valence-corrected chi connectivity index (χ1v) is 9.95. The van der Waals surface area contributed by atoms with Gasteiger partial charge in [-0.2, -0.15) is 4.98 Å². The maximum Gasteiger partial charge on any atom is 0.217 e. The van der Waals surface area contributed by atoms with Crippen molar-refractivity contribution in [1.29, 1.82) is 0 Å². The topological polar surface area (TPSA) is 62.8 Å². The predicted octanol–water partition coefficient (Wildman–Crippen LogP) is 4.70. The molecule has 4 aromatic rings. The van der Waals surface area contributed by atoms with Crippen molar-refractivity contribution in [3.63, 3.8) is 0 Å². The molecule has 2 aromatic carbocycles. The summed E-state index contributed by atoms with van der Waals surface area (Å²) in [6, 6.07) is 10.9. The lowest BCUT2D eigenvalue weighted by Crippen LogP contribution is -2.37. The number of nitrogens with zero attached hydrogens (tertiary/aromatic N) is 2. The van der Waals surface area contributed by atoms with Gasteiger partial charge in [-0.15, -0.1) is 0 Å². The Labute approximate surface area is 172 Å². The van der Waals surface area contributed by atoms with E-state index in [-0.39, 0.29) is 11.7 Å². The Kier molecular flexibility index (Phi) is 4.88. The van der Waals surface area contributed by atoms with Crippen molar-refractivity contribution >= 4 is 10.9 Å². The molecule has 1 aliphatic heterocycles. The Hall–Kier alpha value is -3.32. The number of fused-ring (bicyclic) bond motifs is 1. The second-order valence-electron chi connectivity index (χ2n) is 7.36. The lowest BCUT2D eigenvalue weighted by atomic mass is 10.0. The number of piperidine rings is 1. The van der Waals surface area contributed by atoms with Crippen LogP contribution in [0.1, 0.15) is 12.8 Å². The average Bonchev–Trinajstić information content (AvgIpc) is 3.18. The highest BCUT2D eigenvalue weighted by atomic mass is 19.1. The third-order valence-electron chi connectivity index (χ3n) is 5.34. The first-order valence-electron chi connectivity index (χ1n) is 9.95. The van der Waals surface area contributed by atoms with E-state index in [0.717, 1.165) is 42.4 Å². The van der Waals surface area contributed by atoms with Gasteiger partial charge >= 0.3 is 0 Å². The molecule has 0 aliphatic carbocycles. The van der Waals surface area contributed by atoms with Crippen LogP contribution in [0, 0.1) is 11.6 Å². The molecule has 1 saturated heterocycles. The lowest BCUT2D eigenvalue weighted by Gasteiger charge is -2.23. The highest BCUT2D eigenvalue weighted by Gasteiger charge is 2.17. The van der Waals surface area contributed by atoms with Crippen LogP contribution in [0.2, 0.25) is 0 Å². The number of H-pyrrole nitrogens is 1. The Morgan fingerprint density at radius 1 is 1.07 bits per heavy atom. The number of hydrogen-bond donors (Lipinski definition) is 2. The van der Waals surface area contributed by atoms with Gasteiger partial charge in [-0.1, -0.05) is 12.1 Å². The summed E-state index contributed by atoms with van der Waals surface area (Å²) >= 11 is 0. The molecule has 1 atom stereocenters. The molecule has 0 spiro atoms. The molecule has 1 aliphatic rings. The van der Waals surface area contributed by atoms with Crippen molar-refractivity contribution in [3.05, 3.63) is 66.5 Å². The molecule has 30 heavy (non-hydrogen) atoms. The van der Waals surface area contributed by atoms with Crippen molar-refractivity contribution in [3.8, 4) is 28.4 Å². The number of aromatic amines is 1. The van der Waals surface area contributed by atoms with Crippen molar-refractivity contribution < 1.29 is 13.5 Å². The molecule has 7 heteroatoms. The molecule has 152 valence electrons. The summed E-state index contributed by atoms with van der Waals surface area (Å²) in [5, 5.41) is 4.10. The van der Waals surface area contributed by atoms with Crippen molar-refractivity contribution in [2.45, 2.75) is 18.9 Å². The van der Waals surface area contributed by atoms with E-state index in [2.05, 4.69) is 20.3 Å². The van der Waals surface area contributed by atoms with Gasteiger partial charge < -0.3 is 15.0 Å². The Balaban J connectivity index is 1.53. The van der Waals surface area contributed by atoms with Crippen LogP contribution < -0.4 is 10.1 Å². The minimum atomic E-state index is -0.598. The third-order valence-corrected chi connectivity index (χ3v) is 5.34.